The number of nitrogens with zero attached hydrogens (tertiary/aromatic N) is 2. The lowest BCUT2D eigenvalue weighted by Gasteiger charge is -2.33. The molecular formula is C12H14BrClF3N3. The lowest BCUT2D eigenvalue weighted by atomic mass is 10.0. The fourth-order valence-electron chi connectivity index (χ4n) is 2.23. The maximum Gasteiger partial charge on any atom is 0.401 e. The second-order valence-corrected chi connectivity index (χ2v) is 6.08. The molecule has 1 aliphatic heterocycles. The fourth-order valence-corrected chi connectivity index (χ4v) is 2.72. The van der Waals surface area contributed by atoms with Crippen molar-refractivity contribution in [2.45, 2.75) is 25.1 Å². The molecule has 0 saturated carbocycles. The Balaban J connectivity index is 1.87. The highest BCUT2D eigenvalue weighted by atomic mass is 79.9. The number of likely N-dealkylation sites (tertiary alicyclic amines) is 1. The third kappa shape index (κ3) is 4.79. The largest absolute Gasteiger partial charge is 0.401 e. The van der Waals surface area contributed by atoms with Crippen LogP contribution in [0.1, 0.15) is 12.8 Å². The molecule has 0 spiro atoms. The van der Waals surface area contributed by atoms with E-state index in [1.807, 2.05) is 6.07 Å². The molecule has 0 radical (unpaired) electrons. The number of alkyl halides is 3. The van der Waals surface area contributed by atoms with Gasteiger partial charge in [0, 0.05) is 29.8 Å². The predicted octanol–water partition coefficient (Wildman–Crippen LogP) is 3.94. The Bertz CT molecular complexity index is 462. The summed E-state index contributed by atoms with van der Waals surface area (Å²) < 4.78 is 37.7. The van der Waals surface area contributed by atoms with Gasteiger partial charge in [-0.15, -0.1) is 0 Å². The molecule has 8 heteroatoms. The van der Waals surface area contributed by atoms with Crippen molar-refractivity contribution in [3.63, 3.8) is 0 Å². The number of aromatic nitrogens is 1. The van der Waals surface area contributed by atoms with Crippen molar-refractivity contribution in [3.05, 3.63) is 21.9 Å². The SMILES string of the molecule is FC(F)(F)CN1CCC(Nc2cc(Br)cnc2Cl)CC1. The van der Waals surface area contributed by atoms with E-state index >= 15 is 0 Å². The van der Waals surface area contributed by atoms with E-state index in [1.165, 1.54) is 4.90 Å². The van der Waals surface area contributed by atoms with Crippen LogP contribution in [0.2, 0.25) is 5.15 Å². The molecule has 0 bridgehead atoms. The van der Waals surface area contributed by atoms with E-state index in [1.54, 1.807) is 6.20 Å². The molecule has 1 aromatic heterocycles. The summed E-state index contributed by atoms with van der Waals surface area (Å²) in [7, 11) is 0. The Labute approximate surface area is 128 Å². The monoisotopic (exact) mass is 371 g/mol. The summed E-state index contributed by atoms with van der Waals surface area (Å²) in [6.45, 7) is 0.0192. The summed E-state index contributed by atoms with van der Waals surface area (Å²) in [6, 6.07) is 1.94. The zero-order valence-electron chi connectivity index (χ0n) is 10.6. The topological polar surface area (TPSA) is 28.2 Å². The molecule has 20 heavy (non-hydrogen) atoms. The molecule has 0 aromatic carbocycles. The summed E-state index contributed by atoms with van der Waals surface area (Å²) in [5.74, 6) is 0. The summed E-state index contributed by atoms with van der Waals surface area (Å²) in [6.07, 6.45) is -1.23. The van der Waals surface area contributed by atoms with Crippen molar-refractivity contribution in [1.29, 1.82) is 0 Å². The normalized spacial score (nSPS) is 18.2. The highest BCUT2D eigenvalue weighted by Gasteiger charge is 2.32. The van der Waals surface area contributed by atoms with E-state index in [2.05, 4.69) is 26.2 Å². The molecule has 2 heterocycles. The maximum absolute atomic E-state index is 12.3. The first-order valence-corrected chi connectivity index (χ1v) is 7.37. The average molecular weight is 373 g/mol. The van der Waals surface area contributed by atoms with Gasteiger partial charge in [0.2, 0.25) is 0 Å². The first-order chi connectivity index (χ1) is 9.33. The smallest absolute Gasteiger partial charge is 0.380 e. The Morgan fingerprint density at radius 3 is 2.65 bits per heavy atom. The Kier molecular flexibility index (Phi) is 5.14. The van der Waals surface area contributed by atoms with Gasteiger partial charge < -0.3 is 5.32 Å². The molecular weight excluding hydrogens is 359 g/mol. The highest BCUT2D eigenvalue weighted by Crippen LogP contribution is 2.26. The molecule has 1 saturated heterocycles. The first kappa shape index (κ1) is 15.9. The van der Waals surface area contributed by atoms with Crippen molar-refractivity contribution in [1.82, 2.24) is 9.88 Å². The lowest BCUT2D eigenvalue weighted by Crippen LogP contribution is -2.43. The van der Waals surface area contributed by atoms with Gasteiger partial charge in [-0.05, 0) is 34.8 Å². The van der Waals surface area contributed by atoms with Crippen molar-refractivity contribution in [3.8, 4) is 0 Å². The lowest BCUT2D eigenvalue weighted by molar-refractivity contribution is -0.147. The first-order valence-electron chi connectivity index (χ1n) is 6.20. The van der Waals surface area contributed by atoms with Gasteiger partial charge in [-0.3, -0.25) is 4.90 Å². The number of piperidine rings is 1. The van der Waals surface area contributed by atoms with Crippen molar-refractivity contribution in [2.75, 3.05) is 25.0 Å². The van der Waals surface area contributed by atoms with Crippen LogP contribution in [0.3, 0.4) is 0 Å². The third-order valence-electron chi connectivity index (χ3n) is 3.16. The summed E-state index contributed by atoms with van der Waals surface area (Å²) in [5.41, 5.74) is 0.704. The molecule has 0 unspecified atom stereocenters. The van der Waals surface area contributed by atoms with Crippen molar-refractivity contribution >= 4 is 33.2 Å². The van der Waals surface area contributed by atoms with Crippen LogP contribution in [0.25, 0.3) is 0 Å². The van der Waals surface area contributed by atoms with Gasteiger partial charge in [0.25, 0.3) is 0 Å². The molecule has 0 atom stereocenters. The van der Waals surface area contributed by atoms with Crippen molar-refractivity contribution in [2.24, 2.45) is 0 Å². The molecule has 1 aromatic rings. The minimum Gasteiger partial charge on any atom is -0.380 e. The van der Waals surface area contributed by atoms with E-state index in [0.717, 1.165) is 4.47 Å². The van der Waals surface area contributed by atoms with Gasteiger partial charge in [-0.25, -0.2) is 4.98 Å². The Morgan fingerprint density at radius 2 is 2.05 bits per heavy atom. The molecule has 1 aliphatic rings. The van der Waals surface area contributed by atoms with Crippen LogP contribution in [0.15, 0.2) is 16.7 Å². The highest BCUT2D eigenvalue weighted by molar-refractivity contribution is 9.10. The van der Waals surface area contributed by atoms with E-state index in [-0.39, 0.29) is 6.04 Å². The fraction of sp³-hybridized carbons (Fsp3) is 0.583. The van der Waals surface area contributed by atoms with E-state index < -0.39 is 12.7 Å². The van der Waals surface area contributed by atoms with E-state index in [4.69, 9.17) is 11.6 Å². The Hall–Kier alpha value is -0.530. The minimum atomic E-state index is -4.13. The third-order valence-corrected chi connectivity index (χ3v) is 3.89. The van der Waals surface area contributed by atoms with Crippen LogP contribution in [-0.4, -0.2) is 41.7 Å². The number of pyridine rings is 1. The second kappa shape index (κ2) is 6.49. The average Bonchev–Trinajstić information content (AvgIpc) is 2.34. The second-order valence-electron chi connectivity index (χ2n) is 4.80. The Morgan fingerprint density at radius 1 is 1.40 bits per heavy atom. The number of rotatable bonds is 3. The summed E-state index contributed by atoms with van der Waals surface area (Å²) in [4.78, 5) is 5.43. The minimum absolute atomic E-state index is 0.119. The number of halogens is 5. The maximum atomic E-state index is 12.3. The van der Waals surface area contributed by atoms with Gasteiger partial charge in [0.15, 0.2) is 5.15 Å². The standard InChI is InChI=1S/C12H14BrClF3N3/c13-8-5-10(11(14)18-6-8)19-9-1-3-20(4-2-9)7-12(15,16)17/h5-6,9,19H,1-4,7H2. The van der Waals surface area contributed by atoms with Gasteiger partial charge in [0.1, 0.15) is 0 Å². The van der Waals surface area contributed by atoms with Gasteiger partial charge in [-0.2, -0.15) is 13.2 Å². The zero-order chi connectivity index (χ0) is 14.8. The number of nitrogens with one attached hydrogen (secondary N) is 1. The molecule has 3 nitrogen and oxygen atoms in total. The van der Waals surface area contributed by atoms with E-state index in [0.29, 0.717) is 36.8 Å². The van der Waals surface area contributed by atoms with Crippen LogP contribution in [0.4, 0.5) is 18.9 Å². The summed E-state index contributed by atoms with van der Waals surface area (Å²) in [5, 5.41) is 3.61. The number of hydrogen-bond acceptors (Lipinski definition) is 3. The quantitative estimate of drug-likeness (QED) is 0.815. The van der Waals surface area contributed by atoms with E-state index in [9.17, 15) is 13.2 Å². The van der Waals surface area contributed by atoms with Crippen LogP contribution in [0.5, 0.6) is 0 Å². The molecule has 2 rings (SSSR count). The van der Waals surface area contributed by atoms with Crippen LogP contribution < -0.4 is 5.32 Å². The van der Waals surface area contributed by atoms with Gasteiger partial charge >= 0.3 is 6.18 Å². The molecule has 0 aliphatic carbocycles. The van der Waals surface area contributed by atoms with Crippen LogP contribution >= 0.6 is 27.5 Å². The number of hydrogen-bond donors (Lipinski definition) is 1. The van der Waals surface area contributed by atoms with Gasteiger partial charge in [-0.1, -0.05) is 11.6 Å². The van der Waals surface area contributed by atoms with Crippen molar-refractivity contribution < 1.29 is 13.2 Å². The molecule has 0 amide bonds. The molecule has 1 N–H and O–H groups in total. The number of anilines is 1. The predicted molar refractivity (Wildman–Crippen MR) is 76.1 cm³/mol. The zero-order valence-corrected chi connectivity index (χ0v) is 12.9. The summed E-state index contributed by atoms with van der Waals surface area (Å²) >= 11 is 9.29. The molecule has 1 fully saturated rings. The molecule has 112 valence electrons. The van der Waals surface area contributed by atoms with Gasteiger partial charge in [0.05, 0.1) is 12.2 Å². The van der Waals surface area contributed by atoms with Crippen LogP contribution in [-0.2, 0) is 0 Å². The van der Waals surface area contributed by atoms with Crippen LogP contribution in [0, 0.1) is 0 Å².